The van der Waals surface area contributed by atoms with Gasteiger partial charge in [-0.15, -0.1) is 0 Å². The zero-order valence-electron chi connectivity index (χ0n) is 18.3. The molecule has 3 rings (SSSR count). The van der Waals surface area contributed by atoms with E-state index in [2.05, 4.69) is 0 Å². The number of non-ortho nitro benzene ring substituents is 1. The molecule has 1 aromatic carbocycles. The summed E-state index contributed by atoms with van der Waals surface area (Å²) in [4.78, 5) is 35.2. The Bertz CT molecular complexity index is 1360. The van der Waals surface area contributed by atoms with Crippen LogP contribution in [0.4, 0.5) is 5.69 Å². The molecule has 0 bridgehead atoms. The largest absolute Gasteiger partial charge is 0.465 e. The summed E-state index contributed by atoms with van der Waals surface area (Å²) in [5.41, 5.74) is -1.37. The molecule has 2 unspecified atom stereocenters. The number of hydrogen-bond donors (Lipinski definition) is 0. The third kappa shape index (κ3) is 4.87. The lowest BCUT2D eigenvalue weighted by atomic mass is 9.85. The van der Waals surface area contributed by atoms with Crippen LogP contribution in [0.2, 0.25) is 0 Å². The number of nitro benzene ring substituents is 1. The number of pyridine rings is 1. The highest BCUT2D eigenvalue weighted by atomic mass is 32.2. The van der Waals surface area contributed by atoms with Crippen molar-refractivity contribution in [2.75, 3.05) is 20.5 Å². The molecule has 1 heterocycles. The summed E-state index contributed by atoms with van der Waals surface area (Å²) >= 11 is 0. The van der Waals surface area contributed by atoms with E-state index in [1.807, 2.05) is 0 Å². The number of fused-ring (bicyclic) bond motifs is 1. The Morgan fingerprint density at radius 1 is 1.27 bits per heavy atom. The van der Waals surface area contributed by atoms with Crippen molar-refractivity contribution in [1.82, 2.24) is 4.57 Å². The Balaban J connectivity index is 2.16. The van der Waals surface area contributed by atoms with E-state index in [9.17, 15) is 28.1 Å². The number of benzene rings is 1. The fourth-order valence-electron chi connectivity index (χ4n) is 3.81. The average molecular weight is 478 g/mol. The minimum absolute atomic E-state index is 0.126. The van der Waals surface area contributed by atoms with Crippen LogP contribution >= 0.6 is 0 Å². The Morgan fingerprint density at radius 2 is 1.97 bits per heavy atom. The molecule has 0 aliphatic heterocycles. The molecule has 0 radical (unpaired) electrons. The molecule has 12 heteroatoms. The van der Waals surface area contributed by atoms with Crippen molar-refractivity contribution in [1.29, 1.82) is 0 Å². The third-order valence-corrected chi connectivity index (χ3v) is 5.96. The van der Waals surface area contributed by atoms with Crippen molar-refractivity contribution in [2.24, 2.45) is 7.05 Å². The van der Waals surface area contributed by atoms with Gasteiger partial charge in [0, 0.05) is 44.5 Å². The lowest BCUT2D eigenvalue weighted by Crippen LogP contribution is -2.49. The van der Waals surface area contributed by atoms with Crippen LogP contribution in [0.5, 0.6) is 0 Å². The number of esters is 1. The molecule has 1 aliphatic carbocycles. The molecule has 0 fully saturated rings. The van der Waals surface area contributed by atoms with Gasteiger partial charge in [0.2, 0.25) is 0 Å². The second-order valence-corrected chi connectivity index (χ2v) is 9.11. The van der Waals surface area contributed by atoms with Crippen LogP contribution in [0.25, 0.3) is 10.9 Å². The van der Waals surface area contributed by atoms with Crippen LogP contribution in [0, 0.1) is 10.1 Å². The zero-order chi connectivity index (χ0) is 24.6. The van der Waals surface area contributed by atoms with Gasteiger partial charge in [-0.25, -0.2) is 4.79 Å². The molecule has 0 spiro atoms. The molecule has 1 aromatic heterocycles. The molecule has 0 amide bonds. The molecule has 0 N–H and O–H groups in total. The summed E-state index contributed by atoms with van der Waals surface area (Å²) < 4.78 is 41.5. The van der Waals surface area contributed by atoms with E-state index in [4.69, 9.17) is 13.7 Å². The molecule has 33 heavy (non-hydrogen) atoms. The summed E-state index contributed by atoms with van der Waals surface area (Å²) in [5.74, 6) is -0.638. The maximum absolute atomic E-state index is 12.8. The predicted octanol–water partition coefficient (Wildman–Crippen LogP) is 1.39. The minimum Gasteiger partial charge on any atom is -0.465 e. The highest BCUT2D eigenvalue weighted by Crippen LogP contribution is 2.33. The molecular formula is C21H22N2O9S. The standard InChI is InChI=1S/C21H22N2O9S/c1-22-15(11-18(24)16-10-14(23(26)27)5-6-17(16)22)12-21(32-33(4,28)29)8-7-13(20(25)31-3)9-19(21)30-2/h5-11,19H,12H2,1-4H3. The lowest BCUT2D eigenvalue weighted by molar-refractivity contribution is -0.384. The number of methoxy groups -OCH3 is 2. The Labute approximate surface area is 189 Å². The van der Waals surface area contributed by atoms with Crippen molar-refractivity contribution in [2.45, 2.75) is 18.1 Å². The molecule has 176 valence electrons. The quantitative estimate of drug-likeness (QED) is 0.249. The monoisotopic (exact) mass is 478 g/mol. The van der Waals surface area contributed by atoms with Crippen molar-refractivity contribution in [3.63, 3.8) is 0 Å². The van der Waals surface area contributed by atoms with Crippen molar-refractivity contribution in [3.05, 3.63) is 74.1 Å². The van der Waals surface area contributed by atoms with Crippen LogP contribution in [0.1, 0.15) is 5.69 Å². The van der Waals surface area contributed by atoms with Gasteiger partial charge in [0.1, 0.15) is 11.7 Å². The fraction of sp³-hybridized carbons (Fsp3) is 0.333. The summed E-state index contributed by atoms with van der Waals surface area (Å²) in [6.07, 6.45) is 3.88. The number of aromatic nitrogens is 1. The molecule has 0 saturated carbocycles. The van der Waals surface area contributed by atoms with Gasteiger partial charge in [0.05, 0.1) is 34.8 Å². The van der Waals surface area contributed by atoms with Crippen LogP contribution in [-0.4, -0.2) is 56.1 Å². The molecule has 0 saturated heterocycles. The number of hydrogen-bond acceptors (Lipinski definition) is 9. The van der Waals surface area contributed by atoms with Gasteiger partial charge >= 0.3 is 5.97 Å². The van der Waals surface area contributed by atoms with Crippen LogP contribution in [0.15, 0.2) is 52.9 Å². The third-order valence-electron chi connectivity index (χ3n) is 5.34. The Hall–Kier alpha value is -3.35. The smallest absolute Gasteiger partial charge is 0.337 e. The minimum atomic E-state index is -4.01. The first-order valence-corrected chi connectivity index (χ1v) is 11.4. The topological polar surface area (TPSA) is 144 Å². The first kappa shape index (κ1) is 24.3. The summed E-state index contributed by atoms with van der Waals surface area (Å²) in [6.45, 7) is 0. The summed E-state index contributed by atoms with van der Waals surface area (Å²) in [7, 11) is 0.171. The van der Waals surface area contributed by atoms with Gasteiger partial charge in [-0.2, -0.15) is 8.42 Å². The van der Waals surface area contributed by atoms with Crippen LogP contribution in [0.3, 0.4) is 0 Å². The number of carbonyl (C=O) groups is 1. The zero-order valence-corrected chi connectivity index (χ0v) is 19.1. The Kier molecular flexibility index (Phi) is 6.54. The van der Waals surface area contributed by atoms with Gasteiger partial charge in [-0.3, -0.25) is 19.1 Å². The Morgan fingerprint density at radius 3 is 2.55 bits per heavy atom. The fourth-order valence-corrected chi connectivity index (χ4v) is 4.59. The first-order chi connectivity index (χ1) is 15.4. The number of aryl methyl sites for hydroxylation is 1. The van der Waals surface area contributed by atoms with Crippen LogP contribution in [-0.2, 0) is 42.0 Å². The predicted molar refractivity (Wildman–Crippen MR) is 118 cm³/mol. The molecule has 1 aliphatic rings. The highest BCUT2D eigenvalue weighted by Gasteiger charge is 2.44. The van der Waals surface area contributed by atoms with E-state index >= 15 is 0 Å². The van der Waals surface area contributed by atoms with E-state index < -0.39 is 38.1 Å². The summed E-state index contributed by atoms with van der Waals surface area (Å²) in [6, 6.07) is 5.17. The van der Waals surface area contributed by atoms with E-state index in [0.717, 1.165) is 6.26 Å². The number of carbonyl (C=O) groups excluding carboxylic acids is 1. The second kappa shape index (κ2) is 8.89. The normalized spacial score (nSPS) is 20.5. The SMILES string of the molecule is COC(=O)C1=CC(OC)C(Cc2cc(=O)c3cc([N+](=O)[O-])ccc3n2C)(OS(C)(=O)=O)C=C1. The van der Waals surface area contributed by atoms with Gasteiger partial charge in [-0.1, -0.05) is 0 Å². The maximum atomic E-state index is 12.8. The first-order valence-electron chi connectivity index (χ1n) is 9.60. The number of ether oxygens (including phenoxy) is 2. The number of nitrogens with zero attached hydrogens (tertiary/aromatic N) is 2. The van der Waals surface area contributed by atoms with Gasteiger partial charge < -0.3 is 14.0 Å². The molecule has 2 atom stereocenters. The number of rotatable bonds is 7. The summed E-state index contributed by atoms with van der Waals surface area (Å²) in [5, 5.41) is 11.2. The average Bonchev–Trinajstić information content (AvgIpc) is 2.75. The van der Waals surface area contributed by atoms with E-state index in [-0.39, 0.29) is 23.1 Å². The number of nitro groups is 1. The molecule has 2 aromatic rings. The van der Waals surface area contributed by atoms with Crippen molar-refractivity contribution < 1.29 is 31.8 Å². The van der Waals surface area contributed by atoms with Gasteiger partial charge in [0.25, 0.3) is 15.8 Å². The van der Waals surface area contributed by atoms with Gasteiger partial charge in [0.15, 0.2) is 5.43 Å². The highest BCUT2D eigenvalue weighted by molar-refractivity contribution is 7.86. The lowest BCUT2D eigenvalue weighted by Gasteiger charge is -2.37. The van der Waals surface area contributed by atoms with Crippen molar-refractivity contribution in [3.8, 4) is 0 Å². The van der Waals surface area contributed by atoms with Gasteiger partial charge in [-0.05, 0) is 24.3 Å². The van der Waals surface area contributed by atoms with E-state index in [1.165, 1.54) is 56.7 Å². The van der Waals surface area contributed by atoms with E-state index in [1.54, 1.807) is 11.6 Å². The molecular weight excluding hydrogens is 456 g/mol. The van der Waals surface area contributed by atoms with Crippen LogP contribution < -0.4 is 5.43 Å². The van der Waals surface area contributed by atoms with Crippen molar-refractivity contribution >= 4 is 32.7 Å². The second-order valence-electron chi connectivity index (χ2n) is 7.54. The molecule has 11 nitrogen and oxygen atoms in total. The van der Waals surface area contributed by atoms with E-state index in [0.29, 0.717) is 11.2 Å². The maximum Gasteiger partial charge on any atom is 0.337 e.